The second-order valence-electron chi connectivity index (χ2n) is 6.93. The smallest absolute Gasteiger partial charge is 0.171 e. The topological polar surface area (TPSA) is 92.7 Å². The van der Waals surface area contributed by atoms with Crippen LogP contribution in [0.25, 0.3) is 0 Å². The number of nitrogens with zero attached hydrogens (tertiary/aromatic N) is 2. The van der Waals surface area contributed by atoms with Gasteiger partial charge in [-0.3, -0.25) is 19.6 Å². The van der Waals surface area contributed by atoms with Crippen molar-refractivity contribution >= 4 is 46.0 Å². The van der Waals surface area contributed by atoms with E-state index in [4.69, 9.17) is 36.1 Å². The van der Waals surface area contributed by atoms with Gasteiger partial charge < -0.3 is 0 Å². The standard InChI is InChI=1S/C20H18N4O2S2/c1-10(17(25)15-11-6-2-4-8-13(11)19(27)23(15)21)18(26)16-12-7-3-5-9-14(12)20(28)24(16)22/h2-10,15-16H,21-22H2,1H3. The van der Waals surface area contributed by atoms with Crippen molar-refractivity contribution in [2.75, 3.05) is 0 Å². The van der Waals surface area contributed by atoms with Crippen LogP contribution < -0.4 is 11.7 Å². The summed E-state index contributed by atoms with van der Waals surface area (Å²) in [6, 6.07) is 13.0. The molecule has 142 valence electrons. The summed E-state index contributed by atoms with van der Waals surface area (Å²) < 4.78 is 0. The van der Waals surface area contributed by atoms with Crippen LogP contribution >= 0.6 is 24.4 Å². The number of hydrazine groups is 2. The lowest BCUT2D eigenvalue weighted by Crippen LogP contribution is -2.44. The molecule has 0 spiro atoms. The van der Waals surface area contributed by atoms with Crippen molar-refractivity contribution in [3.05, 3.63) is 70.8 Å². The molecule has 0 saturated heterocycles. The second-order valence-corrected chi connectivity index (χ2v) is 7.70. The minimum atomic E-state index is -0.935. The number of hydrogen-bond donors (Lipinski definition) is 2. The molecule has 2 aliphatic heterocycles. The number of thiocarbonyl (C=S) groups is 2. The van der Waals surface area contributed by atoms with Crippen LogP contribution in [0.5, 0.6) is 0 Å². The average molecular weight is 411 g/mol. The highest BCUT2D eigenvalue weighted by Gasteiger charge is 2.45. The number of carbonyl (C=O) groups excluding carboxylic acids is 2. The third-order valence-electron chi connectivity index (χ3n) is 5.39. The molecular formula is C20H18N4O2S2. The molecule has 0 aliphatic carbocycles. The quantitative estimate of drug-likeness (QED) is 0.449. The zero-order valence-corrected chi connectivity index (χ0v) is 16.7. The molecule has 0 radical (unpaired) electrons. The van der Waals surface area contributed by atoms with Crippen LogP contribution in [0.2, 0.25) is 0 Å². The van der Waals surface area contributed by atoms with Crippen LogP contribution in [0.15, 0.2) is 48.5 Å². The van der Waals surface area contributed by atoms with Gasteiger partial charge in [0, 0.05) is 11.1 Å². The van der Waals surface area contributed by atoms with Crippen molar-refractivity contribution < 1.29 is 9.59 Å². The van der Waals surface area contributed by atoms with E-state index in [-0.39, 0.29) is 11.6 Å². The predicted octanol–water partition coefficient (Wildman–Crippen LogP) is 1.97. The van der Waals surface area contributed by atoms with Gasteiger partial charge in [0.05, 0.1) is 5.92 Å². The summed E-state index contributed by atoms with van der Waals surface area (Å²) in [6.07, 6.45) is 0. The highest BCUT2D eigenvalue weighted by molar-refractivity contribution is 7.81. The molecule has 2 aromatic carbocycles. The van der Waals surface area contributed by atoms with Gasteiger partial charge in [-0.1, -0.05) is 73.0 Å². The van der Waals surface area contributed by atoms with E-state index in [1.54, 1.807) is 6.92 Å². The minimum absolute atomic E-state index is 0.316. The first kappa shape index (κ1) is 18.8. The molecule has 28 heavy (non-hydrogen) atoms. The van der Waals surface area contributed by atoms with E-state index in [0.29, 0.717) is 21.1 Å². The van der Waals surface area contributed by atoms with Gasteiger partial charge in [0.15, 0.2) is 11.6 Å². The Morgan fingerprint density at radius 1 is 0.821 bits per heavy atom. The monoisotopic (exact) mass is 410 g/mol. The number of carbonyl (C=O) groups is 2. The molecule has 0 amide bonds. The van der Waals surface area contributed by atoms with Gasteiger partial charge in [-0.05, 0) is 18.1 Å². The Kier molecular flexibility index (Phi) is 4.59. The Bertz CT molecular complexity index is 957. The summed E-state index contributed by atoms with van der Waals surface area (Å²) in [6.45, 7) is 1.58. The van der Waals surface area contributed by atoms with Gasteiger partial charge in [0.25, 0.3) is 0 Å². The molecule has 2 atom stereocenters. The number of benzene rings is 2. The number of Topliss-reactive ketones (excluding diaryl/α,β-unsaturated/α-hetero) is 2. The lowest BCUT2D eigenvalue weighted by molar-refractivity contribution is -0.136. The third kappa shape index (κ3) is 2.61. The largest absolute Gasteiger partial charge is 0.296 e. The Morgan fingerprint density at radius 2 is 1.18 bits per heavy atom. The normalized spacial score (nSPS) is 21.5. The van der Waals surface area contributed by atoms with Crippen LogP contribution in [0.1, 0.15) is 41.3 Å². The Morgan fingerprint density at radius 3 is 1.57 bits per heavy atom. The fourth-order valence-corrected chi connectivity index (χ4v) is 4.45. The van der Waals surface area contributed by atoms with Crippen LogP contribution in [-0.2, 0) is 9.59 Å². The number of hydrogen-bond acceptors (Lipinski definition) is 6. The lowest BCUT2D eigenvalue weighted by atomic mass is 9.87. The number of rotatable bonds is 4. The molecule has 2 aromatic rings. The summed E-state index contributed by atoms with van der Waals surface area (Å²) >= 11 is 10.7. The number of nitrogens with two attached hydrogens (primary N) is 2. The third-order valence-corrected chi connectivity index (χ3v) is 6.25. The lowest BCUT2D eigenvalue weighted by Gasteiger charge is -2.26. The maximum Gasteiger partial charge on any atom is 0.171 e. The molecule has 2 unspecified atom stereocenters. The van der Waals surface area contributed by atoms with E-state index < -0.39 is 18.0 Å². The zero-order chi connectivity index (χ0) is 20.2. The molecule has 4 N–H and O–H groups in total. The van der Waals surface area contributed by atoms with Gasteiger partial charge in [0.1, 0.15) is 22.1 Å². The fraction of sp³-hybridized carbons (Fsp3) is 0.200. The van der Waals surface area contributed by atoms with Gasteiger partial charge in [0.2, 0.25) is 0 Å². The molecule has 2 aliphatic rings. The van der Waals surface area contributed by atoms with Gasteiger partial charge in [-0.15, -0.1) is 0 Å². The molecule has 0 fully saturated rings. The van der Waals surface area contributed by atoms with Crippen molar-refractivity contribution in [1.29, 1.82) is 0 Å². The Hall–Kier alpha value is -2.52. The van der Waals surface area contributed by atoms with Crippen LogP contribution in [0.4, 0.5) is 0 Å². The second kappa shape index (κ2) is 6.82. The summed E-state index contributed by atoms with van der Waals surface area (Å²) in [7, 11) is 0. The first-order valence-electron chi connectivity index (χ1n) is 8.76. The van der Waals surface area contributed by atoms with Crippen LogP contribution in [0, 0.1) is 5.92 Å². The van der Waals surface area contributed by atoms with E-state index in [1.807, 2.05) is 48.5 Å². The Labute approximate surface area is 173 Å². The molecule has 0 aromatic heterocycles. The SMILES string of the molecule is CC(C(=O)C1c2ccccc2C(=S)N1N)C(=O)C1c2ccccc2C(=S)N1N. The maximum atomic E-state index is 13.3. The van der Waals surface area contributed by atoms with E-state index in [0.717, 1.165) is 11.1 Å². The van der Waals surface area contributed by atoms with Crippen molar-refractivity contribution in [3.63, 3.8) is 0 Å². The van der Waals surface area contributed by atoms with Gasteiger partial charge in [-0.2, -0.15) is 0 Å². The van der Waals surface area contributed by atoms with Crippen molar-refractivity contribution in [2.45, 2.75) is 19.0 Å². The van der Waals surface area contributed by atoms with E-state index >= 15 is 0 Å². The number of fused-ring (bicyclic) bond motifs is 2. The number of ketones is 2. The fourth-order valence-electron chi connectivity index (χ4n) is 3.87. The maximum absolute atomic E-state index is 13.3. The first-order valence-corrected chi connectivity index (χ1v) is 9.58. The molecule has 6 nitrogen and oxygen atoms in total. The van der Waals surface area contributed by atoms with Crippen molar-refractivity contribution in [1.82, 2.24) is 10.0 Å². The summed E-state index contributed by atoms with van der Waals surface area (Å²) in [5.74, 6) is 10.6. The van der Waals surface area contributed by atoms with Gasteiger partial charge >= 0.3 is 0 Å². The minimum Gasteiger partial charge on any atom is -0.296 e. The predicted molar refractivity (Wildman–Crippen MR) is 113 cm³/mol. The van der Waals surface area contributed by atoms with Crippen LogP contribution in [0.3, 0.4) is 0 Å². The summed E-state index contributed by atoms with van der Waals surface area (Å²) in [4.78, 5) is 27.3. The highest BCUT2D eigenvalue weighted by atomic mass is 32.1. The van der Waals surface area contributed by atoms with Crippen molar-refractivity contribution in [3.8, 4) is 0 Å². The first-order chi connectivity index (χ1) is 13.3. The van der Waals surface area contributed by atoms with E-state index in [2.05, 4.69) is 0 Å². The van der Waals surface area contributed by atoms with Crippen LogP contribution in [-0.4, -0.2) is 31.6 Å². The van der Waals surface area contributed by atoms with E-state index in [9.17, 15) is 9.59 Å². The van der Waals surface area contributed by atoms with Crippen molar-refractivity contribution in [2.24, 2.45) is 17.6 Å². The Balaban J connectivity index is 1.66. The summed E-state index contributed by atoms with van der Waals surface area (Å²) in [5.41, 5.74) is 2.91. The molecule has 2 heterocycles. The van der Waals surface area contributed by atoms with Gasteiger partial charge in [-0.25, -0.2) is 11.7 Å². The molecule has 0 bridgehead atoms. The zero-order valence-electron chi connectivity index (χ0n) is 15.0. The molecule has 0 saturated carbocycles. The van der Waals surface area contributed by atoms with E-state index in [1.165, 1.54) is 10.0 Å². The molecular weight excluding hydrogens is 392 g/mol. The molecule has 8 heteroatoms. The molecule has 4 rings (SSSR count). The average Bonchev–Trinajstić information content (AvgIpc) is 3.11. The highest BCUT2D eigenvalue weighted by Crippen LogP contribution is 2.38. The summed E-state index contributed by atoms with van der Waals surface area (Å²) in [5, 5.41) is 2.53.